The Morgan fingerprint density at radius 3 is 2.92 bits per heavy atom. The van der Waals surface area contributed by atoms with Crippen LogP contribution < -0.4 is 5.32 Å². The fourth-order valence-corrected chi connectivity index (χ4v) is 3.05. The smallest absolute Gasteiger partial charge is 0.287 e. The van der Waals surface area contributed by atoms with Crippen molar-refractivity contribution in [2.75, 3.05) is 0 Å². The van der Waals surface area contributed by atoms with Gasteiger partial charge in [-0.05, 0) is 18.2 Å². The standard InChI is InChI=1S/C17H14N6O2S/c24-16(22-9-12-8-21-15-10-18-6-7-23(12)15)14-3-2-13(25-14)11-26-17-19-4-1-5-20-17/h1-8,10H,9,11H2,(H,22,24). The molecule has 1 amide bonds. The predicted octanol–water partition coefficient (Wildman–Crippen LogP) is 2.33. The fourth-order valence-electron chi connectivity index (χ4n) is 2.36. The molecule has 0 saturated carbocycles. The molecule has 0 radical (unpaired) electrons. The second-order valence-electron chi connectivity index (χ2n) is 5.32. The normalized spacial score (nSPS) is 10.9. The molecule has 4 rings (SSSR count). The molecule has 130 valence electrons. The van der Waals surface area contributed by atoms with Crippen molar-refractivity contribution in [1.29, 1.82) is 0 Å². The molecule has 4 aromatic rings. The number of nitrogens with one attached hydrogen (secondary N) is 1. The Kier molecular flexibility index (Phi) is 4.61. The molecule has 4 aromatic heterocycles. The first-order valence-electron chi connectivity index (χ1n) is 7.82. The molecule has 0 unspecified atom stereocenters. The number of amides is 1. The van der Waals surface area contributed by atoms with Crippen LogP contribution in [0.4, 0.5) is 0 Å². The van der Waals surface area contributed by atoms with Crippen LogP contribution in [0.1, 0.15) is 22.0 Å². The van der Waals surface area contributed by atoms with Gasteiger partial charge >= 0.3 is 0 Å². The van der Waals surface area contributed by atoms with Crippen molar-refractivity contribution in [3.05, 3.63) is 72.6 Å². The van der Waals surface area contributed by atoms with Crippen molar-refractivity contribution < 1.29 is 9.21 Å². The highest BCUT2D eigenvalue weighted by Gasteiger charge is 2.12. The van der Waals surface area contributed by atoms with Crippen molar-refractivity contribution in [3.8, 4) is 0 Å². The fraction of sp³-hybridized carbons (Fsp3) is 0.118. The van der Waals surface area contributed by atoms with Crippen LogP contribution >= 0.6 is 11.8 Å². The molecule has 0 aliphatic heterocycles. The molecule has 0 spiro atoms. The Balaban J connectivity index is 1.36. The summed E-state index contributed by atoms with van der Waals surface area (Å²) in [5.41, 5.74) is 1.59. The van der Waals surface area contributed by atoms with Gasteiger partial charge in [0.2, 0.25) is 0 Å². The molecule has 26 heavy (non-hydrogen) atoms. The summed E-state index contributed by atoms with van der Waals surface area (Å²) >= 11 is 1.45. The van der Waals surface area contributed by atoms with Gasteiger partial charge in [-0.15, -0.1) is 0 Å². The maximum absolute atomic E-state index is 12.3. The highest BCUT2D eigenvalue weighted by Crippen LogP contribution is 2.20. The summed E-state index contributed by atoms with van der Waals surface area (Å²) in [6.07, 6.45) is 10.2. The van der Waals surface area contributed by atoms with E-state index >= 15 is 0 Å². The van der Waals surface area contributed by atoms with E-state index in [0.717, 1.165) is 11.3 Å². The molecule has 0 fully saturated rings. The van der Waals surface area contributed by atoms with E-state index in [9.17, 15) is 4.79 Å². The van der Waals surface area contributed by atoms with Gasteiger partial charge in [0.25, 0.3) is 5.91 Å². The summed E-state index contributed by atoms with van der Waals surface area (Å²) in [4.78, 5) is 28.8. The minimum Gasteiger partial charge on any atom is -0.455 e. The molecule has 9 heteroatoms. The van der Waals surface area contributed by atoms with Crippen LogP contribution in [0.15, 0.2) is 65.0 Å². The number of carbonyl (C=O) groups is 1. The molecule has 0 bridgehead atoms. The van der Waals surface area contributed by atoms with E-state index in [1.807, 2.05) is 4.40 Å². The second-order valence-corrected chi connectivity index (χ2v) is 6.27. The van der Waals surface area contributed by atoms with Gasteiger partial charge in [-0.2, -0.15) is 0 Å². The van der Waals surface area contributed by atoms with Crippen LogP contribution in [-0.4, -0.2) is 30.2 Å². The third kappa shape index (κ3) is 3.57. The zero-order valence-corrected chi connectivity index (χ0v) is 14.4. The number of aromatic nitrogens is 5. The minimum absolute atomic E-state index is 0.269. The van der Waals surface area contributed by atoms with E-state index in [4.69, 9.17) is 4.42 Å². The zero-order valence-electron chi connectivity index (χ0n) is 13.6. The quantitative estimate of drug-likeness (QED) is 0.413. The maximum Gasteiger partial charge on any atom is 0.287 e. The molecule has 4 heterocycles. The van der Waals surface area contributed by atoms with Gasteiger partial charge in [-0.25, -0.2) is 15.0 Å². The summed E-state index contributed by atoms with van der Waals surface area (Å²) in [5.74, 6) is 1.23. The predicted molar refractivity (Wildman–Crippen MR) is 94.5 cm³/mol. The summed E-state index contributed by atoms with van der Waals surface area (Å²) in [6.45, 7) is 0.340. The molecule has 0 saturated heterocycles. The number of thioether (sulfide) groups is 1. The second kappa shape index (κ2) is 7.36. The Morgan fingerprint density at radius 1 is 1.15 bits per heavy atom. The van der Waals surface area contributed by atoms with Crippen molar-refractivity contribution in [2.24, 2.45) is 0 Å². The lowest BCUT2D eigenvalue weighted by atomic mass is 10.4. The van der Waals surface area contributed by atoms with Gasteiger partial charge in [0.1, 0.15) is 5.76 Å². The van der Waals surface area contributed by atoms with Gasteiger partial charge in [-0.3, -0.25) is 14.2 Å². The third-order valence-electron chi connectivity index (χ3n) is 3.60. The van der Waals surface area contributed by atoms with Crippen molar-refractivity contribution >= 4 is 23.3 Å². The number of carbonyl (C=O) groups excluding carboxylic acids is 1. The summed E-state index contributed by atoms with van der Waals surface area (Å²) < 4.78 is 7.48. The van der Waals surface area contributed by atoms with Crippen LogP contribution in [0.3, 0.4) is 0 Å². The first kappa shape index (κ1) is 16.3. The van der Waals surface area contributed by atoms with E-state index in [0.29, 0.717) is 23.2 Å². The van der Waals surface area contributed by atoms with Crippen molar-refractivity contribution in [2.45, 2.75) is 17.5 Å². The van der Waals surface area contributed by atoms with E-state index in [-0.39, 0.29) is 11.7 Å². The van der Waals surface area contributed by atoms with Gasteiger partial charge in [0, 0.05) is 24.8 Å². The molecule has 8 nitrogen and oxygen atoms in total. The van der Waals surface area contributed by atoms with Gasteiger partial charge < -0.3 is 9.73 Å². The van der Waals surface area contributed by atoms with Crippen molar-refractivity contribution in [3.63, 3.8) is 0 Å². The van der Waals surface area contributed by atoms with E-state index < -0.39 is 0 Å². The lowest BCUT2D eigenvalue weighted by molar-refractivity contribution is 0.0921. The van der Waals surface area contributed by atoms with E-state index in [2.05, 4.69) is 25.3 Å². The number of rotatable bonds is 6. The molecule has 0 aliphatic rings. The van der Waals surface area contributed by atoms with Crippen LogP contribution in [0.25, 0.3) is 5.65 Å². The van der Waals surface area contributed by atoms with Crippen LogP contribution in [-0.2, 0) is 12.3 Å². The summed E-state index contributed by atoms with van der Waals surface area (Å²) in [6, 6.07) is 5.21. The van der Waals surface area contributed by atoms with Crippen LogP contribution in [0, 0.1) is 0 Å². The number of fused-ring (bicyclic) bond motifs is 1. The Labute approximate surface area is 152 Å². The van der Waals surface area contributed by atoms with Crippen LogP contribution in [0.5, 0.6) is 0 Å². The highest BCUT2D eigenvalue weighted by atomic mass is 32.2. The third-order valence-corrected chi connectivity index (χ3v) is 4.49. The molecule has 0 atom stereocenters. The summed E-state index contributed by atoms with van der Waals surface area (Å²) in [7, 11) is 0. The average Bonchev–Trinajstić information content (AvgIpc) is 3.32. The van der Waals surface area contributed by atoms with Crippen LogP contribution in [0.2, 0.25) is 0 Å². The molecule has 0 aliphatic carbocycles. The zero-order chi connectivity index (χ0) is 17.8. The first-order valence-corrected chi connectivity index (χ1v) is 8.81. The van der Waals surface area contributed by atoms with Gasteiger partial charge in [-0.1, -0.05) is 11.8 Å². The summed E-state index contributed by atoms with van der Waals surface area (Å²) in [5, 5.41) is 3.50. The van der Waals surface area contributed by atoms with Gasteiger partial charge in [0.05, 0.1) is 30.4 Å². The minimum atomic E-state index is -0.277. The number of furan rings is 1. The molecular weight excluding hydrogens is 352 g/mol. The number of imidazole rings is 1. The maximum atomic E-state index is 12.3. The molecular formula is C17H14N6O2S. The monoisotopic (exact) mass is 366 g/mol. The average molecular weight is 366 g/mol. The van der Waals surface area contributed by atoms with E-state index in [1.54, 1.807) is 55.4 Å². The lowest BCUT2D eigenvalue weighted by Crippen LogP contribution is -2.23. The van der Waals surface area contributed by atoms with Crippen molar-refractivity contribution in [1.82, 2.24) is 29.7 Å². The number of hydrogen-bond acceptors (Lipinski definition) is 7. The first-order chi connectivity index (χ1) is 12.8. The Morgan fingerprint density at radius 2 is 2.04 bits per heavy atom. The number of nitrogens with zero attached hydrogens (tertiary/aromatic N) is 5. The van der Waals surface area contributed by atoms with Gasteiger partial charge in [0.15, 0.2) is 16.6 Å². The Hall–Kier alpha value is -3.20. The SMILES string of the molecule is O=C(NCc1cnc2cnccn12)c1ccc(CSc2ncccn2)o1. The van der Waals surface area contributed by atoms with E-state index in [1.165, 1.54) is 11.8 Å². The molecule has 0 aromatic carbocycles. The topological polar surface area (TPSA) is 98.2 Å². The molecule has 1 N–H and O–H groups in total. The highest BCUT2D eigenvalue weighted by molar-refractivity contribution is 7.98. The number of hydrogen-bond donors (Lipinski definition) is 1. The Bertz CT molecular complexity index is 1030. The lowest BCUT2D eigenvalue weighted by Gasteiger charge is -2.03. The largest absolute Gasteiger partial charge is 0.455 e.